The lowest BCUT2D eigenvalue weighted by molar-refractivity contribution is -0.142. The van der Waals surface area contributed by atoms with E-state index in [9.17, 15) is 41.8 Å². The molecule has 1 aliphatic heterocycles. The number of hydrogen-bond donors (Lipinski definition) is 2. The van der Waals surface area contributed by atoms with Gasteiger partial charge < -0.3 is 10.2 Å². The number of hydrazone groups is 1. The van der Waals surface area contributed by atoms with Crippen LogP contribution in [0.2, 0.25) is 0 Å². The van der Waals surface area contributed by atoms with Crippen molar-refractivity contribution < 1.29 is 36.6 Å². The molecule has 3 atom stereocenters. The number of alkyl halides is 6. The smallest absolute Gasteiger partial charge is 0.388 e. The molecule has 1 aliphatic rings. The quantitative estimate of drug-likeness (QED) is 0.725. The van der Waals surface area contributed by atoms with Gasteiger partial charge in [0, 0.05) is 12.4 Å². The van der Waals surface area contributed by atoms with Gasteiger partial charge in [-0.25, -0.2) is 5.01 Å². The summed E-state index contributed by atoms with van der Waals surface area (Å²) in [6.07, 6.45) is -11.6. The van der Waals surface area contributed by atoms with E-state index in [1.807, 2.05) is 0 Å². The van der Waals surface area contributed by atoms with E-state index >= 15 is 0 Å². The minimum atomic E-state index is -4.80. The molecule has 13 heteroatoms. The van der Waals surface area contributed by atoms with E-state index in [0.29, 0.717) is 17.1 Å². The Hall–Kier alpha value is -3.24. The van der Waals surface area contributed by atoms with E-state index in [2.05, 4.69) is 15.1 Å². The lowest BCUT2D eigenvalue weighted by atomic mass is 9.91. The second kappa shape index (κ2) is 7.54. The molecule has 3 heterocycles. The van der Waals surface area contributed by atoms with Crippen LogP contribution in [0, 0.1) is 17.2 Å². The summed E-state index contributed by atoms with van der Waals surface area (Å²) in [7, 11) is 0. The van der Waals surface area contributed by atoms with Gasteiger partial charge in [-0.1, -0.05) is 0 Å². The number of halogens is 6. The number of pyridine rings is 2. The van der Waals surface area contributed by atoms with Crippen molar-refractivity contribution in [1.29, 1.82) is 5.26 Å². The van der Waals surface area contributed by atoms with Crippen molar-refractivity contribution in [2.75, 3.05) is 5.01 Å². The van der Waals surface area contributed by atoms with Crippen molar-refractivity contribution >= 4 is 11.4 Å². The minimum absolute atomic E-state index is 0.280. The molecule has 0 saturated carbocycles. The summed E-state index contributed by atoms with van der Waals surface area (Å²) in [6.45, 7) is 0. The molecule has 0 aromatic carbocycles. The molecule has 158 valence electrons. The first-order valence-electron chi connectivity index (χ1n) is 8.14. The third-order valence-electron chi connectivity index (χ3n) is 4.27. The number of aromatic nitrogens is 2. The Balaban J connectivity index is 1.95. The number of hydrogen-bond acceptors (Lipinski definition) is 7. The molecule has 3 rings (SSSR count). The third-order valence-corrected chi connectivity index (χ3v) is 4.27. The first kappa shape index (κ1) is 21.5. The first-order valence-corrected chi connectivity index (χ1v) is 8.14. The summed E-state index contributed by atoms with van der Waals surface area (Å²) >= 11 is 0. The molecule has 0 bridgehead atoms. The SMILES string of the molecule is N#CC1=NN(c2ccnc(C(F)(F)F)c2)C(O)C1C(O)c1ccnc(C(F)(F)F)c1. The van der Waals surface area contributed by atoms with Crippen LogP contribution in [0.5, 0.6) is 0 Å². The third kappa shape index (κ3) is 4.05. The normalized spacial score (nSPS) is 20.6. The zero-order valence-corrected chi connectivity index (χ0v) is 14.6. The van der Waals surface area contributed by atoms with Crippen molar-refractivity contribution in [3.8, 4) is 6.07 Å². The molecule has 0 saturated heterocycles. The fourth-order valence-electron chi connectivity index (χ4n) is 2.87. The number of aliphatic hydroxyl groups is 2. The minimum Gasteiger partial charge on any atom is -0.388 e. The molecule has 2 aromatic heterocycles. The second-order valence-corrected chi connectivity index (χ2v) is 6.20. The van der Waals surface area contributed by atoms with E-state index in [1.165, 1.54) is 0 Å². The number of nitrogens with zero attached hydrogens (tertiary/aromatic N) is 5. The van der Waals surface area contributed by atoms with Crippen LogP contribution in [-0.2, 0) is 12.4 Å². The monoisotopic (exact) mass is 431 g/mol. The lowest BCUT2D eigenvalue weighted by Crippen LogP contribution is -2.36. The second-order valence-electron chi connectivity index (χ2n) is 6.20. The van der Waals surface area contributed by atoms with Crippen LogP contribution >= 0.6 is 0 Å². The van der Waals surface area contributed by atoms with E-state index < -0.39 is 47.7 Å². The molecule has 0 spiro atoms. The number of anilines is 1. The lowest BCUT2D eigenvalue weighted by Gasteiger charge is -2.26. The standard InChI is InChI=1S/C17H11F6N5O2/c18-16(19,20)11-5-8(1-3-25-11)14(29)13-10(7-24)27-28(15(13)30)9-2-4-26-12(6-9)17(21,22)23/h1-6,13-15,29-30H. The summed E-state index contributed by atoms with van der Waals surface area (Å²) < 4.78 is 77.3. The van der Waals surface area contributed by atoms with Crippen molar-refractivity contribution in [3.63, 3.8) is 0 Å². The van der Waals surface area contributed by atoms with Crippen LogP contribution in [0.3, 0.4) is 0 Å². The Morgan fingerprint density at radius 2 is 1.57 bits per heavy atom. The van der Waals surface area contributed by atoms with Crippen LogP contribution in [-0.4, -0.2) is 32.1 Å². The maximum absolute atomic E-state index is 12.9. The predicted octanol–water partition coefficient (Wildman–Crippen LogP) is 2.88. The van der Waals surface area contributed by atoms with Gasteiger partial charge in [-0.2, -0.15) is 36.7 Å². The van der Waals surface area contributed by atoms with Crippen LogP contribution in [0.1, 0.15) is 23.1 Å². The van der Waals surface area contributed by atoms with Crippen LogP contribution in [0.15, 0.2) is 41.8 Å². The maximum Gasteiger partial charge on any atom is 0.433 e. The Morgan fingerprint density at radius 3 is 2.13 bits per heavy atom. The van der Waals surface area contributed by atoms with Crippen molar-refractivity contribution in [1.82, 2.24) is 9.97 Å². The first-order chi connectivity index (χ1) is 13.9. The highest BCUT2D eigenvalue weighted by Gasteiger charge is 2.44. The zero-order valence-electron chi connectivity index (χ0n) is 14.6. The Labute approximate surface area is 164 Å². The van der Waals surface area contributed by atoms with E-state index in [0.717, 1.165) is 24.5 Å². The summed E-state index contributed by atoms with van der Waals surface area (Å²) in [5.74, 6) is -1.53. The number of rotatable bonds is 3. The van der Waals surface area contributed by atoms with Crippen LogP contribution in [0.25, 0.3) is 0 Å². The van der Waals surface area contributed by atoms with Gasteiger partial charge >= 0.3 is 12.4 Å². The van der Waals surface area contributed by atoms with Crippen LogP contribution in [0.4, 0.5) is 32.0 Å². The van der Waals surface area contributed by atoms with Gasteiger partial charge in [0.1, 0.15) is 23.2 Å². The van der Waals surface area contributed by atoms with Crippen LogP contribution < -0.4 is 5.01 Å². The van der Waals surface area contributed by atoms with Gasteiger partial charge in [-0.05, 0) is 29.8 Å². The fourth-order valence-corrected chi connectivity index (χ4v) is 2.87. The highest BCUT2D eigenvalue weighted by molar-refractivity contribution is 6.03. The molecule has 2 N–H and O–H groups in total. The number of aliphatic hydroxyl groups excluding tert-OH is 2. The molecule has 7 nitrogen and oxygen atoms in total. The van der Waals surface area contributed by atoms with Gasteiger partial charge in [0.15, 0.2) is 6.23 Å². The molecule has 3 unspecified atom stereocenters. The van der Waals surface area contributed by atoms with Gasteiger partial charge in [-0.15, -0.1) is 0 Å². The van der Waals surface area contributed by atoms with Gasteiger partial charge in [0.05, 0.1) is 17.7 Å². The van der Waals surface area contributed by atoms with Crippen molar-refractivity contribution in [2.45, 2.75) is 24.7 Å². The average Bonchev–Trinajstić information content (AvgIpc) is 3.02. The summed E-state index contributed by atoms with van der Waals surface area (Å²) in [5.41, 5.74) is -3.66. The highest BCUT2D eigenvalue weighted by atomic mass is 19.4. The molecular weight excluding hydrogens is 420 g/mol. The predicted molar refractivity (Wildman–Crippen MR) is 88.5 cm³/mol. The van der Waals surface area contributed by atoms with Gasteiger partial charge in [0.25, 0.3) is 0 Å². The largest absolute Gasteiger partial charge is 0.433 e. The van der Waals surface area contributed by atoms with E-state index in [-0.39, 0.29) is 11.3 Å². The van der Waals surface area contributed by atoms with Crippen molar-refractivity contribution in [2.24, 2.45) is 11.0 Å². The van der Waals surface area contributed by atoms with Gasteiger partial charge in [-0.3, -0.25) is 9.97 Å². The highest BCUT2D eigenvalue weighted by Crippen LogP contribution is 2.38. The molecule has 2 aromatic rings. The molecule has 0 fully saturated rings. The zero-order chi connectivity index (χ0) is 22.3. The summed E-state index contributed by atoms with van der Waals surface area (Å²) in [6, 6.07) is 4.85. The molecule has 0 amide bonds. The molecule has 0 aliphatic carbocycles. The Bertz CT molecular complexity index is 1020. The maximum atomic E-state index is 12.9. The molecular formula is C17H11F6N5O2. The van der Waals surface area contributed by atoms with E-state index in [1.54, 1.807) is 6.07 Å². The van der Waals surface area contributed by atoms with E-state index in [4.69, 9.17) is 0 Å². The number of nitriles is 1. The average molecular weight is 431 g/mol. The summed E-state index contributed by atoms with van der Waals surface area (Å²) in [5, 5.41) is 34.7. The molecule has 30 heavy (non-hydrogen) atoms. The summed E-state index contributed by atoms with van der Waals surface area (Å²) in [4.78, 5) is 6.33. The topological polar surface area (TPSA) is 106 Å². The van der Waals surface area contributed by atoms with Crippen molar-refractivity contribution in [3.05, 3.63) is 53.6 Å². The Morgan fingerprint density at radius 1 is 1.00 bits per heavy atom. The molecule has 0 radical (unpaired) electrons. The van der Waals surface area contributed by atoms with Gasteiger partial charge in [0.2, 0.25) is 0 Å². The Kier molecular flexibility index (Phi) is 5.40. The fraction of sp³-hybridized carbons (Fsp3) is 0.294.